The van der Waals surface area contributed by atoms with Crippen LogP contribution in [-0.2, 0) is 4.74 Å². The van der Waals surface area contributed by atoms with Crippen LogP contribution in [0.2, 0.25) is 0 Å². The molecule has 1 saturated carbocycles. The smallest absolute Gasteiger partial charge is 0.112 e. The van der Waals surface area contributed by atoms with Gasteiger partial charge in [0, 0.05) is 13.1 Å². The lowest BCUT2D eigenvalue weighted by Gasteiger charge is -2.46. The molecular formula is C9H12N2O. The molecule has 0 aromatic heterocycles. The molecule has 64 valence electrons. The maximum atomic E-state index is 9.12. The van der Waals surface area contributed by atoms with E-state index in [9.17, 15) is 0 Å². The summed E-state index contributed by atoms with van der Waals surface area (Å²) in [5.74, 6) is 0. The van der Waals surface area contributed by atoms with Crippen LogP contribution in [0.1, 0.15) is 19.8 Å². The minimum absolute atomic E-state index is 0.0256. The second-order valence-corrected chi connectivity index (χ2v) is 4.70. The van der Waals surface area contributed by atoms with E-state index < -0.39 is 0 Å². The van der Waals surface area contributed by atoms with Crippen molar-refractivity contribution in [2.24, 2.45) is 5.41 Å². The summed E-state index contributed by atoms with van der Waals surface area (Å²) in [7, 11) is 0. The molecule has 0 aromatic carbocycles. The Kier molecular flexibility index (Phi) is 0.886. The monoisotopic (exact) mass is 164 g/mol. The summed E-state index contributed by atoms with van der Waals surface area (Å²) in [5, 5.41) is 12.3. The second kappa shape index (κ2) is 1.55. The number of hydrogen-bond acceptors (Lipinski definition) is 3. The average Bonchev–Trinajstić information content (AvgIpc) is 2.31. The van der Waals surface area contributed by atoms with Gasteiger partial charge in [0.25, 0.3) is 0 Å². The van der Waals surface area contributed by atoms with Crippen LogP contribution in [0.3, 0.4) is 0 Å². The van der Waals surface area contributed by atoms with Crippen molar-refractivity contribution in [3.8, 4) is 6.07 Å². The molecule has 4 fully saturated rings. The Bertz CT molecular complexity index is 281. The summed E-state index contributed by atoms with van der Waals surface area (Å²) in [6.45, 7) is 3.86. The fourth-order valence-electron chi connectivity index (χ4n) is 3.13. The van der Waals surface area contributed by atoms with Gasteiger partial charge in [0.1, 0.15) is 5.60 Å². The maximum absolute atomic E-state index is 9.12. The molecule has 3 aliphatic heterocycles. The number of hydrogen-bond donors (Lipinski definition) is 1. The highest BCUT2D eigenvalue weighted by Gasteiger charge is 2.75. The summed E-state index contributed by atoms with van der Waals surface area (Å²) >= 11 is 0. The van der Waals surface area contributed by atoms with E-state index in [4.69, 9.17) is 10.00 Å². The first-order chi connectivity index (χ1) is 5.64. The summed E-state index contributed by atoms with van der Waals surface area (Å²) in [4.78, 5) is 0. The van der Waals surface area contributed by atoms with Gasteiger partial charge in [0.05, 0.1) is 17.1 Å². The van der Waals surface area contributed by atoms with Crippen molar-refractivity contribution in [1.82, 2.24) is 5.32 Å². The Morgan fingerprint density at radius 1 is 1.42 bits per heavy atom. The number of rotatable bonds is 0. The first-order valence-corrected chi connectivity index (χ1v) is 4.46. The molecule has 1 spiro atoms. The van der Waals surface area contributed by atoms with E-state index in [2.05, 4.69) is 18.3 Å². The Labute approximate surface area is 71.7 Å². The largest absolute Gasteiger partial charge is 0.364 e. The van der Waals surface area contributed by atoms with Crippen molar-refractivity contribution in [3.05, 3.63) is 0 Å². The van der Waals surface area contributed by atoms with Gasteiger partial charge in [-0.05, 0) is 19.8 Å². The summed E-state index contributed by atoms with van der Waals surface area (Å²) in [5.41, 5.74) is -0.235. The molecular weight excluding hydrogens is 152 g/mol. The van der Waals surface area contributed by atoms with Gasteiger partial charge < -0.3 is 10.1 Å². The van der Waals surface area contributed by atoms with Crippen LogP contribution in [0.25, 0.3) is 0 Å². The molecule has 3 heterocycles. The minimum atomic E-state index is -0.146. The van der Waals surface area contributed by atoms with Crippen LogP contribution in [0.5, 0.6) is 0 Å². The first-order valence-electron chi connectivity index (χ1n) is 4.46. The third-order valence-electron chi connectivity index (χ3n) is 3.70. The van der Waals surface area contributed by atoms with Crippen molar-refractivity contribution in [2.45, 2.75) is 31.0 Å². The zero-order chi connectivity index (χ0) is 8.45. The van der Waals surface area contributed by atoms with Crippen LogP contribution >= 0.6 is 0 Å². The van der Waals surface area contributed by atoms with Crippen LogP contribution in [-0.4, -0.2) is 24.3 Å². The Morgan fingerprint density at radius 2 is 2.08 bits per heavy atom. The fraction of sp³-hybridized carbons (Fsp3) is 0.889. The van der Waals surface area contributed by atoms with Gasteiger partial charge in [0.15, 0.2) is 0 Å². The van der Waals surface area contributed by atoms with Gasteiger partial charge in [-0.15, -0.1) is 0 Å². The third kappa shape index (κ3) is 0.476. The number of ether oxygens (including phenoxy) is 1. The number of nitriles is 1. The molecule has 3 heteroatoms. The van der Waals surface area contributed by atoms with Gasteiger partial charge in [-0.25, -0.2) is 0 Å². The zero-order valence-electron chi connectivity index (χ0n) is 7.18. The van der Waals surface area contributed by atoms with E-state index in [-0.39, 0.29) is 16.6 Å². The van der Waals surface area contributed by atoms with Crippen molar-refractivity contribution in [2.75, 3.05) is 13.1 Å². The van der Waals surface area contributed by atoms with E-state index >= 15 is 0 Å². The quantitative estimate of drug-likeness (QED) is 0.564. The lowest BCUT2D eigenvalue weighted by atomic mass is 9.56. The molecule has 2 bridgehead atoms. The van der Waals surface area contributed by atoms with E-state index in [1.54, 1.807) is 0 Å². The van der Waals surface area contributed by atoms with Crippen LogP contribution in [0.15, 0.2) is 0 Å². The molecule has 0 aromatic rings. The Morgan fingerprint density at radius 3 is 2.42 bits per heavy atom. The predicted molar refractivity (Wildman–Crippen MR) is 42.4 cm³/mol. The number of nitrogens with one attached hydrogen (secondary N) is 1. The van der Waals surface area contributed by atoms with E-state index in [1.165, 1.54) is 0 Å². The minimum Gasteiger partial charge on any atom is -0.364 e. The van der Waals surface area contributed by atoms with Crippen molar-refractivity contribution in [1.29, 1.82) is 5.26 Å². The average molecular weight is 164 g/mol. The molecule has 3 nitrogen and oxygen atoms in total. The molecule has 0 radical (unpaired) electrons. The van der Waals surface area contributed by atoms with Gasteiger partial charge >= 0.3 is 0 Å². The van der Waals surface area contributed by atoms with E-state index in [1.807, 2.05) is 0 Å². The molecule has 0 amide bonds. The predicted octanol–water partition coefficient (Wildman–Crippen LogP) is 0.421. The highest BCUT2D eigenvalue weighted by atomic mass is 16.5. The standard InChI is InChI=1S/C9H12N2O/c1-7-2-8(3-7,4-10)9(12-7)5-11-6-9/h11H,2-3,5-6H2,1H3. The first kappa shape index (κ1) is 6.88. The molecule has 0 atom stereocenters. The van der Waals surface area contributed by atoms with E-state index in [0.29, 0.717) is 0 Å². The number of nitrogens with zero attached hydrogens (tertiary/aromatic N) is 1. The normalized spacial score (nSPS) is 52.7. The van der Waals surface area contributed by atoms with Crippen LogP contribution in [0, 0.1) is 16.7 Å². The van der Waals surface area contributed by atoms with Gasteiger partial charge in [-0.3, -0.25) is 0 Å². The maximum Gasteiger partial charge on any atom is 0.112 e. The van der Waals surface area contributed by atoms with E-state index in [0.717, 1.165) is 25.9 Å². The summed E-state index contributed by atoms with van der Waals surface area (Å²) in [6.07, 6.45) is 1.89. The lowest BCUT2D eigenvalue weighted by molar-refractivity contribution is -0.0869. The summed E-state index contributed by atoms with van der Waals surface area (Å²) < 4.78 is 5.96. The van der Waals surface area contributed by atoms with Gasteiger partial charge in [0.2, 0.25) is 0 Å². The third-order valence-corrected chi connectivity index (χ3v) is 3.70. The molecule has 3 saturated heterocycles. The van der Waals surface area contributed by atoms with Crippen molar-refractivity contribution in [3.63, 3.8) is 0 Å². The Hall–Kier alpha value is -0.590. The zero-order valence-corrected chi connectivity index (χ0v) is 7.18. The molecule has 1 N–H and O–H groups in total. The molecule has 0 unspecified atom stereocenters. The molecule has 1 aliphatic carbocycles. The van der Waals surface area contributed by atoms with Gasteiger partial charge in [-0.2, -0.15) is 5.26 Å². The van der Waals surface area contributed by atoms with Crippen LogP contribution in [0.4, 0.5) is 0 Å². The summed E-state index contributed by atoms with van der Waals surface area (Å²) in [6, 6.07) is 2.46. The lowest BCUT2D eigenvalue weighted by Crippen LogP contribution is -2.65. The SMILES string of the molecule is CC12CC(C#N)(C1)C1(CNC1)O2. The fourth-order valence-corrected chi connectivity index (χ4v) is 3.13. The second-order valence-electron chi connectivity index (χ2n) is 4.70. The highest BCUT2D eigenvalue weighted by molar-refractivity contribution is 5.32. The van der Waals surface area contributed by atoms with Crippen molar-refractivity contribution < 1.29 is 4.74 Å². The van der Waals surface area contributed by atoms with Crippen LogP contribution < -0.4 is 5.32 Å². The topological polar surface area (TPSA) is 45.0 Å². The molecule has 4 aliphatic rings. The molecule has 4 rings (SSSR count). The van der Waals surface area contributed by atoms with Gasteiger partial charge in [-0.1, -0.05) is 0 Å². The highest BCUT2D eigenvalue weighted by Crippen LogP contribution is 2.67. The molecule has 12 heavy (non-hydrogen) atoms. The Balaban J connectivity index is 2.03. The van der Waals surface area contributed by atoms with Crippen molar-refractivity contribution >= 4 is 0 Å².